The van der Waals surface area contributed by atoms with Gasteiger partial charge < -0.3 is 61.3 Å². The van der Waals surface area contributed by atoms with E-state index in [1.165, 1.54) is 16.7 Å². The van der Waals surface area contributed by atoms with Crippen LogP contribution in [0.15, 0.2) is 113 Å². The van der Waals surface area contributed by atoms with Crippen LogP contribution >= 0.6 is 0 Å². The zero-order chi connectivity index (χ0) is 66.1. The molecule has 10 N–H and O–H groups in total. The molecule has 508 valence electrons. The van der Waals surface area contributed by atoms with Gasteiger partial charge in [0.15, 0.2) is 11.5 Å². The van der Waals surface area contributed by atoms with Crippen LogP contribution in [0.4, 0.5) is 0 Å². The van der Waals surface area contributed by atoms with Crippen LogP contribution in [0, 0.1) is 75.9 Å². The number of benzene rings is 4. The molecule has 6 fully saturated rings. The molecule has 14 bridgehead atoms. The van der Waals surface area contributed by atoms with Crippen molar-refractivity contribution in [2.45, 2.75) is 185 Å². The molecule has 2 saturated heterocycles. The first kappa shape index (κ1) is 65.6. The van der Waals surface area contributed by atoms with E-state index in [2.05, 4.69) is 106 Å². The Morgan fingerprint density at radius 2 is 1.68 bits per heavy atom. The molecular formula is C82H101N5O9. The largest absolute Gasteiger partial charge is 0.508 e. The molecule has 7 aliphatic carbocycles. The molecule has 96 heavy (non-hydrogen) atoms. The number of hydrogen-bond donors (Lipinski definition) is 10. The van der Waals surface area contributed by atoms with Crippen LogP contribution in [-0.4, -0.2) is 94.5 Å². The highest BCUT2D eigenvalue weighted by Gasteiger charge is 2.68. The number of aliphatic hydroxyl groups is 3. The molecule has 6 heterocycles. The van der Waals surface area contributed by atoms with Gasteiger partial charge >= 0.3 is 5.97 Å². The molecule has 12 aliphatic rings. The van der Waals surface area contributed by atoms with Crippen LogP contribution in [-0.2, 0) is 41.9 Å². The molecule has 14 heteroatoms. The van der Waals surface area contributed by atoms with Crippen molar-refractivity contribution >= 4 is 17.3 Å². The number of phenolic OH excluding ortho intramolecular Hbond substituents is 1. The fourth-order valence-electron chi connectivity index (χ4n) is 21.6. The number of phenols is 1. The highest BCUT2D eigenvalue weighted by atomic mass is 16.5. The summed E-state index contributed by atoms with van der Waals surface area (Å²) in [4.78, 5) is 32.2. The summed E-state index contributed by atoms with van der Waals surface area (Å²) in [6, 6.07) is 31.3. The van der Waals surface area contributed by atoms with E-state index in [-0.39, 0.29) is 108 Å². The van der Waals surface area contributed by atoms with Crippen LogP contribution in [0.5, 0.6) is 11.7 Å². The molecule has 4 saturated carbocycles. The van der Waals surface area contributed by atoms with Crippen molar-refractivity contribution in [2.24, 2.45) is 64.1 Å². The number of furan rings is 1. The van der Waals surface area contributed by atoms with Crippen molar-refractivity contribution < 1.29 is 44.3 Å². The Balaban J connectivity index is 0.930. The lowest BCUT2D eigenvalue weighted by Gasteiger charge is -2.56. The minimum atomic E-state index is -1.18. The molecule has 1 spiro atoms. The summed E-state index contributed by atoms with van der Waals surface area (Å²) >= 11 is 0. The van der Waals surface area contributed by atoms with Crippen LogP contribution in [0.2, 0.25) is 0 Å². The van der Waals surface area contributed by atoms with Gasteiger partial charge in [-0.25, -0.2) is 4.79 Å². The van der Waals surface area contributed by atoms with E-state index in [4.69, 9.17) is 9.15 Å². The third kappa shape index (κ3) is 11.8. The Hall–Kier alpha value is -6.38. The number of ketones is 1. The average Bonchev–Trinajstić information content (AvgIpc) is 1.40. The lowest BCUT2D eigenvalue weighted by atomic mass is 9.44. The van der Waals surface area contributed by atoms with E-state index >= 15 is 9.59 Å². The van der Waals surface area contributed by atoms with Gasteiger partial charge in [0.1, 0.15) is 11.5 Å². The second-order valence-electron chi connectivity index (χ2n) is 31.4. The number of ether oxygens (including phenoxy) is 1. The predicted octanol–water partition coefficient (Wildman–Crippen LogP) is 12.3. The van der Waals surface area contributed by atoms with Gasteiger partial charge in [0.05, 0.1) is 34.3 Å². The number of aliphatic hydroxyl groups excluding tert-OH is 1. The van der Waals surface area contributed by atoms with Crippen molar-refractivity contribution in [3.63, 3.8) is 0 Å². The number of hydrogen-bond acceptors (Lipinski definition) is 14. The molecular weight excluding hydrogens is 1200 g/mol. The van der Waals surface area contributed by atoms with Crippen LogP contribution in [0.1, 0.15) is 190 Å². The lowest BCUT2D eigenvalue weighted by molar-refractivity contribution is -0.132. The van der Waals surface area contributed by atoms with Crippen LogP contribution in [0.25, 0.3) is 16.7 Å². The van der Waals surface area contributed by atoms with Crippen molar-refractivity contribution in [2.75, 3.05) is 39.8 Å². The number of piperidine rings is 1. The molecule has 4 aromatic carbocycles. The molecule has 17 rings (SSSR count). The van der Waals surface area contributed by atoms with Crippen molar-refractivity contribution in [3.8, 4) is 34.7 Å². The van der Waals surface area contributed by atoms with Gasteiger partial charge in [-0.05, 0) is 263 Å². The predicted molar refractivity (Wildman–Crippen MR) is 372 cm³/mol. The average molecular weight is 1300 g/mol. The second kappa shape index (κ2) is 26.7. The van der Waals surface area contributed by atoms with E-state index in [1.807, 2.05) is 44.3 Å². The number of nitrogens with one attached hydrogen (secondary N) is 5. The van der Waals surface area contributed by atoms with Gasteiger partial charge in [-0.15, -0.1) is 0 Å². The lowest BCUT2D eigenvalue weighted by Crippen LogP contribution is -2.54. The number of cyclic esters (lactones) is 1. The number of Topliss-reactive ketones (excluding diaryl/α,β-unsaturated/α-hetero) is 1. The smallest absolute Gasteiger partial charge is 0.340 e. The molecule has 16 atom stereocenters. The summed E-state index contributed by atoms with van der Waals surface area (Å²) in [7, 11) is 2.02. The Morgan fingerprint density at radius 1 is 0.812 bits per heavy atom. The monoisotopic (exact) mass is 1300 g/mol. The van der Waals surface area contributed by atoms with E-state index < -0.39 is 33.9 Å². The molecule has 5 aliphatic heterocycles. The summed E-state index contributed by atoms with van der Waals surface area (Å²) in [6.45, 7) is 8.04. The SMILES string of the molecule is CCCNCc1cc2cc(c1)C1NCC(C)(O)CC#CC3C(CCC4CCCCC43O)C3CC(C4CCNC(NC)C4)(CC(=O)c4oc(O)c5c4CCC4C6CCC7(C(=CC(CCO)Cc8ccccc8)OC(=O)C7=C6c6cc(O)ccc6-c6cccc(c6)CNCC2)C54)CC13. The van der Waals surface area contributed by atoms with Crippen molar-refractivity contribution in [1.82, 2.24) is 26.6 Å². The Kier molecular flexibility index (Phi) is 18.2. The van der Waals surface area contributed by atoms with Gasteiger partial charge in [0.25, 0.3) is 5.95 Å². The van der Waals surface area contributed by atoms with Crippen LogP contribution in [0.3, 0.4) is 0 Å². The number of β-amino-alcohol motifs (C(OH)–C–C–N with tert-alkyl or cyclic N) is 1. The van der Waals surface area contributed by atoms with Crippen molar-refractivity contribution in [1.29, 1.82) is 0 Å². The molecule has 1 aromatic heterocycles. The highest BCUT2D eigenvalue weighted by Crippen LogP contribution is 2.74. The molecule has 16 unspecified atom stereocenters. The zero-order valence-corrected chi connectivity index (χ0v) is 56.6. The molecule has 14 nitrogen and oxygen atoms in total. The first-order chi connectivity index (χ1) is 46.6. The van der Waals surface area contributed by atoms with Gasteiger partial charge in [-0.1, -0.05) is 104 Å². The summed E-state index contributed by atoms with van der Waals surface area (Å²) in [5, 5.41) is 80.4. The quantitative estimate of drug-likeness (QED) is 0.0338. The third-order valence-electron chi connectivity index (χ3n) is 25.7. The number of esters is 1. The Morgan fingerprint density at radius 3 is 2.52 bits per heavy atom. The number of carbonyl (C=O) groups excluding carboxylic acids is 2. The van der Waals surface area contributed by atoms with Crippen LogP contribution < -0.4 is 26.6 Å². The van der Waals surface area contributed by atoms with E-state index in [0.717, 1.165) is 129 Å². The van der Waals surface area contributed by atoms with E-state index in [1.54, 1.807) is 6.07 Å². The third-order valence-corrected chi connectivity index (χ3v) is 25.7. The molecule has 5 aromatic rings. The first-order valence-electron chi connectivity index (χ1n) is 36.9. The molecule has 0 amide bonds. The topological polar surface area (TPSA) is 218 Å². The van der Waals surface area contributed by atoms with Gasteiger partial charge in [0.2, 0.25) is 0 Å². The van der Waals surface area contributed by atoms with Gasteiger partial charge in [0, 0.05) is 62.2 Å². The summed E-state index contributed by atoms with van der Waals surface area (Å²) in [5.41, 5.74) is 7.42. The first-order valence-corrected chi connectivity index (χ1v) is 36.9. The second-order valence-corrected chi connectivity index (χ2v) is 31.4. The number of fused-ring (bicyclic) bond motifs is 9. The normalized spacial score (nSPS) is 34.7. The number of allylic oxidation sites excluding steroid dienone is 3. The fourth-order valence-corrected chi connectivity index (χ4v) is 21.6. The minimum absolute atomic E-state index is 0.0251. The number of aromatic hydroxyl groups is 2. The highest BCUT2D eigenvalue weighted by molar-refractivity contribution is 6.07. The number of carbonyl (C=O) groups is 2. The zero-order valence-electron chi connectivity index (χ0n) is 56.6. The van der Waals surface area contributed by atoms with Gasteiger partial charge in [-0.3, -0.25) is 4.79 Å². The maximum Gasteiger partial charge on any atom is 0.340 e. The summed E-state index contributed by atoms with van der Waals surface area (Å²) < 4.78 is 13.6. The molecule has 0 radical (unpaired) electrons. The minimum Gasteiger partial charge on any atom is -0.508 e. The Labute approximate surface area is 567 Å². The maximum absolute atomic E-state index is 16.6. The fraction of sp³-hybridized carbons (Fsp3) is 0.561. The standard InChI is InChI=1S/C82H101N5O9/c1-4-31-84-47-53-36-50-25-32-85-46-52-14-10-15-54(38-52)59-21-19-58(89)42-64(59)71-61-24-30-81(69(95-78(92)74(71)81)40-51(27-34-88)35-49-12-6-5-7-13-49)73-62(61)22-23-63-72(73)77(91)96-76(63)68(90)45-80(57-26-33-86-70(41-57)83-3)43-65-60-20-18-56-16-8-9-29-82(56,94)67(60)17-11-28-79(2,93)48-87-75(66(65)44-80)55(37-50)39-53/h5-7,10,12-15,19,21,36-40,42,51,56-57,60-62,65-67,70,73,75,83-89,91,93-94H,4,8-9,16,18,20,22-35,41,43-48H2,1-3H3. The Bertz CT molecular complexity index is 3880. The number of rotatable bonds is 11. The maximum atomic E-state index is 16.6. The van der Waals surface area contributed by atoms with Gasteiger partial charge in [-0.2, -0.15) is 0 Å². The summed E-state index contributed by atoms with van der Waals surface area (Å²) in [6.07, 6.45) is 16.6. The van der Waals surface area contributed by atoms with E-state index in [0.29, 0.717) is 81.6 Å². The van der Waals surface area contributed by atoms with Crippen molar-refractivity contribution in [3.05, 3.63) is 159 Å². The van der Waals surface area contributed by atoms with E-state index in [9.17, 15) is 25.5 Å². The summed E-state index contributed by atoms with van der Waals surface area (Å²) in [5.74, 6) is 6.38.